The molecule has 2 rings (SSSR count). The van der Waals surface area contributed by atoms with Crippen LogP contribution >= 0.6 is 0 Å². The van der Waals surface area contributed by atoms with Crippen LogP contribution in [0.5, 0.6) is 0 Å². The van der Waals surface area contributed by atoms with Crippen LogP contribution in [-0.2, 0) is 10.0 Å². The summed E-state index contributed by atoms with van der Waals surface area (Å²) in [5.74, 6) is -0.409. The third-order valence-corrected chi connectivity index (χ3v) is 5.88. The minimum absolute atomic E-state index is 0.0754. The molecule has 0 saturated heterocycles. The van der Waals surface area contributed by atoms with Gasteiger partial charge in [-0.15, -0.1) is 0 Å². The standard InChI is InChI=1S/C19H25N3O3S/c1-21(2)18-7-5-6-17(14-18)15-8-10-16(11-9-15)19(23)20-12-13-26(24,25)22(3)4/h5-11,14H,12-13H2,1-4H3,(H,20,23). The van der Waals surface area contributed by atoms with Gasteiger partial charge in [0, 0.05) is 46.0 Å². The van der Waals surface area contributed by atoms with E-state index < -0.39 is 10.0 Å². The Balaban J connectivity index is 2.03. The van der Waals surface area contributed by atoms with Gasteiger partial charge < -0.3 is 10.2 Å². The van der Waals surface area contributed by atoms with Crippen molar-refractivity contribution in [3.63, 3.8) is 0 Å². The average Bonchev–Trinajstić information content (AvgIpc) is 2.61. The second-order valence-corrected chi connectivity index (χ2v) is 8.68. The smallest absolute Gasteiger partial charge is 0.251 e. The predicted octanol–water partition coefficient (Wildman–Crippen LogP) is 2.04. The first-order chi connectivity index (χ1) is 12.2. The minimum Gasteiger partial charge on any atom is -0.378 e. The molecule has 6 nitrogen and oxygen atoms in total. The largest absolute Gasteiger partial charge is 0.378 e. The van der Waals surface area contributed by atoms with E-state index in [1.165, 1.54) is 14.1 Å². The summed E-state index contributed by atoms with van der Waals surface area (Å²) < 4.78 is 24.5. The number of benzene rings is 2. The van der Waals surface area contributed by atoms with Crippen LogP contribution in [0.4, 0.5) is 5.69 Å². The SMILES string of the molecule is CN(C)c1cccc(-c2ccc(C(=O)NCCS(=O)(=O)N(C)C)cc2)c1. The van der Waals surface area contributed by atoms with Gasteiger partial charge in [-0.05, 0) is 35.4 Å². The van der Waals surface area contributed by atoms with Crippen LogP contribution in [0.3, 0.4) is 0 Å². The summed E-state index contributed by atoms with van der Waals surface area (Å²) in [6.07, 6.45) is 0. The van der Waals surface area contributed by atoms with Gasteiger partial charge in [-0.3, -0.25) is 4.79 Å². The Morgan fingerprint density at radius 1 is 0.962 bits per heavy atom. The fourth-order valence-corrected chi connectivity index (χ4v) is 3.08. The van der Waals surface area contributed by atoms with Crippen molar-refractivity contribution < 1.29 is 13.2 Å². The van der Waals surface area contributed by atoms with Crippen LogP contribution in [-0.4, -0.2) is 59.1 Å². The Morgan fingerprint density at radius 3 is 2.19 bits per heavy atom. The molecule has 0 atom stereocenters. The van der Waals surface area contributed by atoms with Crippen molar-refractivity contribution in [1.29, 1.82) is 0 Å². The molecule has 1 amide bonds. The van der Waals surface area contributed by atoms with E-state index in [9.17, 15) is 13.2 Å². The van der Waals surface area contributed by atoms with Gasteiger partial charge in [0.05, 0.1) is 5.75 Å². The molecule has 2 aromatic rings. The number of carbonyl (C=O) groups excluding carboxylic acids is 1. The Morgan fingerprint density at radius 2 is 1.62 bits per heavy atom. The summed E-state index contributed by atoms with van der Waals surface area (Å²) in [6, 6.07) is 15.4. The van der Waals surface area contributed by atoms with Gasteiger partial charge in [-0.25, -0.2) is 12.7 Å². The van der Waals surface area contributed by atoms with Gasteiger partial charge >= 0.3 is 0 Å². The second kappa shape index (κ2) is 8.33. The van der Waals surface area contributed by atoms with Crippen molar-refractivity contribution in [1.82, 2.24) is 9.62 Å². The van der Waals surface area contributed by atoms with E-state index in [0.717, 1.165) is 21.1 Å². The molecule has 1 N–H and O–H groups in total. The highest BCUT2D eigenvalue weighted by molar-refractivity contribution is 7.89. The third kappa shape index (κ3) is 5.06. The number of sulfonamides is 1. The molecule has 0 spiro atoms. The highest BCUT2D eigenvalue weighted by Crippen LogP contribution is 2.24. The number of nitrogens with one attached hydrogen (secondary N) is 1. The van der Waals surface area contributed by atoms with E-state index in [2.05, 4.69) is 11.4 Å². The molecule has 0 fully saturated rings. The van der Waals surface area contributed by atoms with Crippen LogP contribution in [0.2, 0.25) is 0 Å². The summed E-state index contributed by atoms with van der Waals surface area (Å²) in [5, 5.41) is 2.64. The maximum atomic E-state index is 12.2. The number of hydrogen-bond acceptors (Lipinski definition) is 4. The Labute approximate surface area is 155 Å². The van der Waals surface area contributed by atoms with Crippen molar-refractivity contribution in [2.24, 2.45) is 0 Å². The molecular formula is C19H25N3O3S. The van der Waals surface area contributed by atoms with Gasteiger partial charge in [0.1, 0.15) is 0 Å². The lowest BCUT2D eigenvalue weighted by atomic mass is 10.0. The molecule has 7 heteroatoms. The lowest BCUT2D eigenvalue weighted by Gasteiger charge is -2.14. The molecule has 0 aliphatic carbocycles. The van der Waals surface area contributed by atoms with Crippen molar-refractivity contribution in [2.45, 2.75) is 0 Å². The highest BCUT2D eigenvalue weighted by Gasteiger charge is 2.14. The van der Waals surface area contributed by atoms with Crippen LogP contribution in [0.25, 0.3) is 11.1 Å². The van der Waals surface area contributed by atoms with Crippen LogP contribution in [0.1, 0.15) is 10.4 Å². The quantitative estimate of drug-likeness (QED) is 0.804. The summed E-state index contributed by atoms with van der Waals surface area (Å²) in [5.41, 5.74) is 3.69. The fourth-order valence-electron chi connectivity index (χ4n) is 2.36. The van der Waals surface area contributed by atoms with Gasteiger partial charge in [0.2, 0.25) is 10.0 Å². The number of nitrogens with zero attached hydrogens (tertiary/aromatic N) is 2. The van der Waals surface area contributed by atoms with E-state index in [0.29, 0.717) is 5.56 Å². The maximum Gasteiger partial charge on any atom is 0.251 e. The average molecular weight is 375 g/mol. The van der Waals surface area contributed by atoms with Gasteiger partial charge in [-0.1, -0.05) is 24.3 Å². The Kier molecular flexibility index (Phi) is 6.39. The van der Waals surface area contributed by atoms with Crippen molar-refractivity contribution >= 4 is 21.6 Å². The van der Waals surface area contributed by atoms with E-state index in [1.54, 1.807) is 12.1 Å². The van der Waals surface area contributed by atoms with E-state index >= 15 is 0 Å². The number of hydrogen-bond donors (Lipinski definition) is 1. The lowest BCUT2D eigenvalue weighted by molar-refractivity contribution is 0.0956. The normalized spacial score (nSPS) is 11.4. The molecule has 0 unspecified atom stereocenters. The zero-order valence-corrected chi connectivity index (χ0v) is 16.4. The first-order valence-corrected chi connectivity index (χ1v) is 9.88. The molecule has 0 saturated carbocycles. The molecule has 0 aliphatic heterocycles. The van der Waals surface area contributed by atoms with E-state index in [-0.39, 0.29) is 18.2 Å². The summed E-state index contributed by atoms with van der Waals surface area (Å²) in [4.78, 5) is 14.2. The summed E-state index contributed by atoms with van der Waals surface area (Å²) in [7, 11) is 3.61. The zero-order chi connectivity index (χ0) is 19.3. The van der Waals surface area contributed by atoms with Gasteiger partial charge in [0.25, 0.3) is 5.91 Å². The molecule has 26 heavy (non-hydrogen) atoms. The molecule has 0 radical (unpaired) electrons. The maximum absolute atomic E-state index is 12.2. The molecular weight excluding hydrogens is 350 g/mol. The lowest BCUT2D eigenvalue weighted by Crippen LogP contribution is -2.33. The van der Waals surface area contributed by atoms with Gasteiger partial charge in [0.15, 0.2) is 0 Å². The Hall–Kier alpha value is -2.38. The van der Waals surface area contributed by atoms with Crippen LogP contribution in [0, 0.1) is 0 Å². The minimum atomic E-state index is -3.32. The topological polar surface area (TPSA) is 69.7 Å². The van der Waals surface area contributed by atoms with Gasteiger partial charge in [-0.2, -0.15) is 0 Å². The summed E-state index contributed by atoms with van der Waals surface area (Å²) >= 11 is 0. The molecule has 0 aliphatic rings. The number of rotatable bonds is 7. The van der Waals surface area contributed by atoms with Crippen LogP contribution < -0.4 is 10.2 Å². The number of anilines is 1. The summed E-state index contributed by atoms with van der Waals surface area (Å²) in [6.45, 7) is 0.0754. The molecule has 0 aromatic heterocycles. The highest BCUT2D eigenvalue weighted by atomic mass is 32.2. The van der Waals surface area contributed by atoms with Crippen molar-refractivity contribution in [3.8, 4) is 11.1 Å². The number of carbonyl (C=O) groups is 1. The second-order valence-electron chi connectivity index (χ2n) is 6.38. The zero-order valence-electron chi connectivity index (χ0n) is 15.6. The molecule has 0 bridgehead atoms. The predicted molar refractivity (Wildman–Crippen MR) is 106 cm³/mol. The van der Waals surface area contributed by atoms with Crippen LogP contribution in [0.15, 0.2) is 48.5 Å². The fraction of sp³-hybridized carbons (Fsp3) is 0.316. The van der Waals surface area contributed by atoms with Crippen molar-refractivity contribution in [3.05, 3.63) is 54.1 Å². The third-order valence-electron chi connectivity index (χ3n) is 4.04. The molecule has 140 valence electrons. The van der Waals surface area contributed by atoms with E-state index in [1.807, 2.05) is 49.3 Å². The molecule has 2 aromatic carbocycles. The molecule has 0 heterocycles. The van der Waals surface area contributed by atoms with E-state index in [4.69, 9.17) is 0 Å². The monoisotopic (exact) mass is 375 g/mol. The number of amides is 1. The van der Waals surface area contributed by atoms with Crippen molar-refractivity contribution in [2.75, 3.05) is 45.4 Å². The Bertz CT molecular complexity index is 860. The first-order valence-electron chi connectivity index (χ1n) is 8.27. The first kappa shape index (κ1) is 19.9.